The van der Waals surface area contributed by atoms with Crippen molar-refractivity contribution in [1.82, 2.24) is 15.2 Å². The summed E-state index contributed by atoms with van der Waals surface area (Å²) in [7, 11) is 1.23. The molecule has 9 nitrogen and oxygen atoms in total. The maximum Gasteiger partial charge on any atom is 0.338 e. The molecule has 2 atom stereocenters. The molecule has 2 aliphatic rings. The van der Waals surface area contributed by atoms with Crippen LogP contribution in [0.15, 0.2) is 56.6 Å². The van der Waals surface area contributed by atoms with Crippen molar-refractivity contribution in [3.8, 4) is 0 Å². The third kappa shape index (κ3) is 5.69. The minimum absolute atomic E-state index is 0.133. The molecule has 2 N–H and O–H groups in total. The molecule has 2 aliphatic heterocycles. The van der Waals surface area contributed by atoms with Crippen LogP contribution in [-0.4, -0.2) is 72.2 Å². The molecule has 0 saturated carbocycles. The van der Waals surface area contributed by atoms with Gasteiger partial charge in [0.15, 0.2) is 22.5 Å². The Hall–Kier alpha value is -3.00. The summed E-state index contributed by atoms with van der Waals surface area (Å²) < 4.78 is 38.8. The van der Waals surface area contributed by atoms with Crippen LogP contribution in [0.5, 0.6) is 0 Å². The number of thiazole rings is 1. The third-order valence-corrected chi connectivity index (χ3v) is 7.12. The van der Waals surface area contributed by atoms with E-state index in [1.54, 1.807) is 11.6 Å². The quantitative estimate of drug-likeness (QED) is 0.291. The number of aliphatic imine (C=N–C) groups is 1. The van der Waals surface area contributed by atoms with Crippen molar-refractivity contribution in [2.75, 3.05) is 33.4 Å². The van der Waals surface area contributed by atoms with E-state index in [9.17, 15) is 18.4 Å². The molecule has 1 fully saturated rings. The van der Waals surface area contributed by atoms with Gasteiger partial charge in [-0.2, -0.15) is 0 Å². The number of hydrogen-bond donors (Lipinski definition) is 2. The van der Waals surface area contributed by atoms with E-state index in [1.165, 1.54) is 30.6 Å². The van der Waals surface area contributed by atoms with Crippen molar-refractivity contribution in [2.45, 2.75) is 12.1 Å². The Morgan fingerprint density at radius 2 is 2.22 bits per heavy atom. The van der Waals surface area contributed by atoms with Gasteiger partial charge in [-0.25, -0.2) is 23.4 Å². The zero-order chi connectivity index (χ0) is 25.8. The summed E-state index contributed by atoms with van der Waals surface area (Å²) in [6.45, 7) is 1.46. The van der Waals surface area contributed by atoms with Gasteiger partial charge in [0, 0.05) is 43.0 Å². The number of esters is 1. The Morgan fingerprint density at radius 1 is 1.42 bits per heavy atom. The van der Waals surface area contributed by atoms with Crippen LogP contribution in [-0.2, 0) is 19.1 Å². The van der Waals surface area contributed by atoms with Gasteiger partial charge in [-0.1, -0.05) is 6.07 Å². The van der Waals surface area contributed by atoms with Gasteiger partial charge in [0.1, 0.15) is 6.04 Å². The Balaban J connectivity index is 1.76. The first-order valence-electron chi connectivity index (χ1n) is 10.7. The van der Waals surface area contributed by atoms with E-state index in [-0.39, 0.29) is 22.2 Å². The number of carbonyl (C=O) groups excluding carboxylic acids is 1. The molecule has 1 aromatic carbocycles. The van der Waals surface area contributed by atoms with E-state index in [0.717, 1.165) is 12.1 Å². The van der Waals surface area contributed by atoms with Crippen LogP contribution in [0.4, 0.5) is 8.78 Å². The normalized spacial score (nSPS) is 20.8. The van der Waals surface area contributed by atoms with Gasteiger partial charge < -0.3 is 19.9 Å². The van der Waals surface area contributed by atoms with Crippen molar-refractivity contribution >= 4 is 45.0 Å². The lowest BCUT2D eigenvalue weighted by molar-refractivity contribution is -0.136. The number of rotatable bonds is 7. The molecule has 0 amide bonds. The molecule has 2 aromatic rings. The predicted octanol–water partition coefficient (Wildman–Crippen LogP) is 3.04. The van der Waals surface area contributed by atoms with Crippen LogP contribution in [0.2, 0.25) is 0 Å². The number of nitrogens with zero attached hydrogens (tertiary/aromatic N) is 3. The molecular weight excluding hydrogens is 562 g/mol. The summed E-state index contributed by atoms with van der Waals surface area (Å²) in [5.74, 6) is -3.53. The summed E-state index contributed by atoms with van der Waals surface area (Å²) in [5.41, 5.74) is 0.826. The monoisotopic (exact) mass is 582 g/mol. The molecular formula is C23H21BrF2N4O5S. The number of halogens is 3. The fourth-order valence-corrected chi connectivity index (χ4v) is 5.03. The van der Waals surface area contributed by atoms with E-state index >= 15 is 0 Å². The SMILES string of the molecule is COC(=O)C1=C(CN2CCO[C@H](/C=C/C(=O)O)C2)NC(c2nccs2)=N[C@H]1c1ccc(F)c(F)c1Br. The van der Waals surface area contributed by atoms with Gasteiger partial charge in [0.05, 0.1) is 29.9 Å². The lowest BCUT2D eigenvalue weighted by Crippen LogP contribution is -2.46. The fourth-order valence-electron chi connectivity index (χ4n) is 3.90. The molecule has 0 aliphatic carbocycles. The number of aromatic nitrogens is 1. The molecule has 0 radical (unpaired) electrons. The number of carbonyl (C=O) groups is 2. The molecule has 1 aromatic heterocycles. The van der Waals surface area contributed by atoms with Gasteiger partial charge in [-0.15, -0.1) is 11.3 Å². The number of nitrogens with one attached hydrogen (secondary N) is 1. The molecule has 36 heavy (non-hydrogen) atoms. The molecule has 0 unspecified atom stereocenters. The number of carboxylic acid groups (broad SMARTS) is 1. The van der Waals surface area contributed by atoms with Crippen molar-refractivity contribution in [3.05, 3.63) is 73.8 Å². The Kier molecular flexibility index (Phi) is 8.24. The molecule has 0 bridgehead atoms. The second kappa shape index (κ2) is 11.4. The topological polar surface area (TPSA) is 113 Å². The van der Waals surface area contributed by atoms with Gasteiger partial charge >= 0.3 is 11.9 Å². The largest absolute Gasteiger partial charge is 0.478 e. The van der Waals surface area contributed by atoms with Crippen molar-refractivity contribution in [3.63, 3.8) is 0 Å². The number of ether oxygens (including phenoxy) is 2. The van der Waals surface area contributed by atoms with Crippen molar-refractivity contribution in [1.29, 1.82) is 0 Å². The van der Waals surface area contributed by atoms with Crippen molar-refractivity contribution < 1.29 is 33.0 Å². The lowest BCUT2D eigenvalue weighted by atomic mass is 9.95. The van der Waals surface area contributed by atoms with Gasteiger partial charge in [-0.3, -0.25) is 9.89 Å². The highest BCUT2D eigenvalue weighted by Gasteiger charge is 2.35. The molecule has 0 spiro atoms. The lowest BCUT2D eigenvalue weighted by Gasteiger charge is -2.34. The Bertz CT molecular complexity index is 1250. The molecule has 1 saturated heterocycles. The summed E-state index contributed by atoms with van der Waals surface area (Å²) in [4.78, 5) is 34.8. The zero-order valence-electron chi connectivity index (χ0n) is 18.9. The van der Waals surface area contributed by atoms with Gasteiger partial charge in [0.25, 0.3) is 0 Å². The molecule has 190 valence electrons. The first-order chi connectivity index (χ1) is 17.3. The van der Waals surface area contributed by atoms with Crippen LogP contribution >= 0.6 is 27.3 Å². The Morgan fingerprint density at radius 3 is 2.92 bits per heavy atom. The number of amidine groups is 1. The summed E-state index contributed by atoms with van der Waals surface area (Å²) in [6.07, 6.45) is 3.63. The van der Waals surface area contributed by atoms with Crippen LogP contribution < -0.4 is 5.32 Å². The maximum atomic E-state index is 14.5. The smallest absolute Gasteiger partial charge is 0.338 e. The van der Waals surface area contributed by atoms with Crippen LogP contribution in [0.1, 0.15) is 16.6 Å². The highest BCUT2D eigenvalue weighted by atomic mass is 79.9. The average molecular weight is 583 g/mol. The van der Waals surface area contributed by atoms with E-state index < -0.39 is 35.7 Å². The number of hydrogen-bond acceptors (Lipinski definition) is 9. The standard InChI is InChI=1S/C23H21BrF2N4O5S/c1-34-23(33)17-15(11-30-7-8-35-12(10-30)2-5-16(31)32)28-21(22-27-6-9-36-22)29-20(17)13-3-4-14(25)19(26)18(13)24/h2-6,9,12,20H,7-8,10-11H2,1H3,(H,28,29)(H,31,32)/b5-2+/t12-,20+/m1/s1. The van der Waals surface area contributed by atoms with E-state index in [2.05, 4.69) is 31.2 Å². The van der Waals surface area contributed by atoms with E-state index in [4.69, 9.17) is 14.6 Å². The highest BCUT2D eigenvalue weighted by Crippen LogP contribution is 2.38. The summed E-state index contributed by atoms with van der Waals surface area (Å²) >= 11 is 4.44. The molecule has 3 heterocycles. The number of benzene rings is 1. The second-order valence-corrected chi connectivity index (χ2v) is 9.52. The van der Waals surface area contributed by atoms with Gasteiger partial charge in [-0.05, 0) is 33.6 Å². The Labute approximate surface area is 217 Å². The van der Waals surface area contributed by atoms with E-state index in [1.807, 2.05) is 4.90 Å². The number of carboxylic acids is 1. The minimum atomic E-state index is -1.09. The molecule has 4 rings (SSSR count). The van der Waals surface area contributed by atoms with Crippen LogP contribution in [0, 0.1) is 11.6 Å². The summed E-state index contributed by atoms with van der Waals surface area (Å²) in [5, 5.41) is 14.4. The minimum Gasteiger partial charge on any atom is -0.478 e. The first kappa shape index (κ1) is 26.1. The molecule has 13 heteroatoms. The van der Waals surface area contributed by atoms with E-state index in [0.29, 0.717) is 36.2 Å². The second-order valence-electron chi connectivity index (χ2n) is 7.83. The number of methoxy groups -OCH3 is 1. The predicted molar refractivity (Wildman–Crippen MR) is 131 cm³/mol. The van der Waals surface area contributed by atoms with Gasteiger partial charge in [0.2, 0.25) is 0 Å². The average Bonchev–Trinajstić information content (AvgIpc) is 3.41. The van der Waals surface area contributed by atoms with Crippen LogP contribution in [0.25, 0.3) is 0 Å². The third-order valence-electron chi connectivity index (χ3n) is 5.54. The number of morpholine rings is 1. The van der Waals surface area contributed by atoms with Crippen LogP contribution in [0.3, 0.4) is 0 Å². The number of aliphatic carboxylic acids is 1. The fraction of sp³-hybridized carbons (Fsp3) is 0.304. The highest BCUT2D eigenvalue weighted by molar-refractivity contribution is 9.10. The zero-order valence-corrected chi connectivity index (χ0v) is 21.3. The summed E-state index contributed by atoms with van der Waals surface area (Å²) in [6, 6.07) is 1.33. The first-order valence-corrected chi connectivity index (χ1v) is 12.4. The maximum absolute atomic E-state index is 14.5. The van der Waals surface area contributed by atoms with Crippen molar-refractivity contribution in [2.24, 2.45) is 4.99 Å².